The Hall–Kier alpha value is -1.72. The van der Waals surface area contributed by atoms with E-state index in [2.05, 4.69) is 64.4 Å². The first-order valence-corrected chi connectivity index (χ1v) is 11.6. The number of hydrogen-bond acceptors (Lipinski definition) is 4. The first kappa shape index (κ1) is 20.2. The van der Waals surface area contributed by atoms with Gasteiger partial charge in [0.15, 0.2) is 0 Å². The van der Waals surface area contributed by atoms with E-state index in [4.69, 9.17) is 9.47 Å². The van der Waals surface area contributed by atoms with Gasteiger partial charge in [-0.05, 0) is 48.4 Å². The van der Waals surface area contributed by atoms with Crippen LogP contribution in [0.25, 0.3) is 0 Å². The average molecular weight is 407 g/mol. The number of rotatable bonds is 6. The fourth-order valence-electron chi connectivity index (χ4n) is 5.23. The molecule has 1 aliphatic carbocycles. The Morgan fingerprint density at radius 3 is 2.13 bits per heavy atom. The van der Waals surface area contributed by atoms with Gasteiger partial charge in [0.05, 0.1) is 19.3 Å². The molecule has 0 amide bonds. The van der Waals surface area contributed by atoms with Gasteiger partial charge >= 0.3 is 0 Å². The molecular formula is C26H34N2O2. The number of nitrogens with zero attached hydrogens (tertiary/aromatic N) is 2. The van der Waals surface area contributed by atoms with E-state index in [0.29, 0.717) is 13.2 Å². The smallest absolute Gasteiger partial charge is 0.134 e. The molecule has 2 aliphatic heterocycles. The van der Waals surface area contributed by atoms with E-state index in [-0.39, 0.29) is 12.3 Å². The summed E-state index contributed by atoms with van der Waals surface area (Å²) in [6.07, 6.45) is 5.11. The Morgan fingerprint density at radius 2 is 1.47 bits per heavy atom. The monoisotopic (exact) mass is 406 g/mol. The summed E-state index contributed by atoms with van der Waals surface area (Å²) in [6.45, 7) is 7.08. The zero-order valence-electron chi connectivity index (χ0n) is 17.9. The van der Waals surface area contributed by atoms with Crippen LogP contribution < -0.4 is 0 Å². The van der Waals surface area contributed by atoms with Crippen molar-refractivity contribution in [1.29, 1.82) is 0 Å². The van der Waals surface area contributed by atoms with E-state index in [0.717, 1.165) is 38.5 Å². The summed E-state index contributed by atoms with van der Waals surface area (Å²) in [5.74, 6) is 0.831. The van der Waals surface area contributed by atoms with Crippen molar-refractivity contribution in [2.75, 3.05) is 45.9 Å². The maximum absolute atomic E-state index is 6.20. The van der Waals surface area contributed by atoms with Crippen molar-refractivity contribution >= 4 is 0 Å². The second-order valence-electron chi connectivity index (χ2n) is 9.14. The summed E-state index contributed by atoms with van der Waals surface area (Å²) in [5.41, 5.74) is 4.48. The predicted octanol–water partition coefficient (Wildman–Crippen LogP) is 3.39. The fourth-order valence-corrected chi connectivity index (χ4v) is 5.23. The highest BCUT2D eigenvalue weighted by atomic mass is 16.6. The molecule has 3 aliphatic rings. The lowest BCUT2D eigenvalue weighted by atomic mass is 10.0. The molecule has 160 valence electrons. The van der Waals surface area contributed by atoms with E-state index in [1.807, 2.05) is 0 Å². The minimum atomic E-state index is 0.128. The second kappa shape index (κ2) is 9.61. The number of hydrogen-bond donors (Lipinski definition) is 0. The van der Waals surface area contributed by atoms with Crippen LogP contribution in [0.4, 0.5) is 0 Å². The van der Waals surface area contributed by atoms with Crippen LogP contribution in [-0.4, -0.2) is 68.1 Å². The maximum Gasteiger partial charge on any atom is 0.134 e. The molecular weight excluding hydrogens is 372 g/mol. The molecule has 4 nitrogen and oxygen atoms in total. The van der Waals surface area contributed by atoms with Crippen molar-refractivity contribution in [2.45, 2.75) is 38.0 Å². The molecule has 4 heteroatoms. The quantitative estimate of drug-likeness (QED) is 0.734. The maximum atomic E-state index is 6.20. The van der Waals surface area contributed by atoms with Crippen LogP contribution in [0.3, 0.4) is 0 Å². The van der Waals surface area contributed by atoms with Gasteiger partial charge in [-0.15, -0.1) is 0 Å². The lowest BCUT2D eigenvalue weighted by molar-refractivity contribution is -0.189. The number of benzene rings is 2. The highest BCUT2D eigenvalue weighted by molar-refractivity contribution is 5.32. The molecule has 2 fully saturated rings. The van der Waals surface area contributed by atoms with Gasteiger partial charge in [0.25, 0.3) is 0 Å². The van der Waals surface area contributed by atoms with Crippen molar-refractivity contribution < 1.29 is 9.47 Å². The van der Waals surface area contributed by atoms with Gasteiger partial charge in [0.1, 0.15) is 6.23 Å². The summed E-state index contributed by atoms with van der Waals surface area (Å²) in [5, 5.41) is 0. The lowest BCUT2D eigenvalue weighted by Gasteiger charge is -2.41. The molecule has 0 spiro atoms. The van der Waals surface area contributed by atoms with Crippen LogP contribution in [-0.2, 0) is 28.7 Å². The fraction of sp³-hybridized carbons (Fsp3) is 0.538. The van der Waals surface area contributed by atoms with E-state index in [9.17, 15) is 0 Å². The summed E-state index contributed by atoms with van der Waals surface area (Å²) < 4.78 is 12.3. The van der Waals surface area contributed by atoms with Gasteiger partial charge in [-0.25, -0.2) is 0 Å². The molecule has 2 aromatic carbocycles. The van der Waals surface area contributed by atoms with Crippen molar-refractivity contribution in [3.8, 4) is 0 Å². The first-order chi connectivity index (χ1) is 14.8. The SMILES string of the molecule is c1ccc(CC2COC(N3CCN(CCC4Cc5ccccc5C4)CC3)CO2)cc1. The molecule has 0 aromatic heterocycles. The molecule has 30 heavy (non-hydrogen) atoms. The number of fused-ring (bicyclic) bond motifs is 1. The van der Waals surface area contributed by atoms with Gasteiger partial charge in [-0.1, -0.05) is 54.6 Å². The summed E-state index contributed by atoms with van der Waals surface area (Å²) in [6, 6.07) is 19.6. The van der Waals surface area contributed by atoms with Gasteiger partial charge < -0.3 is 14.4 Å². The molecule has 0 N–H and O–H groups in total. The Bertz CT molecular complexity index is 771. The van der Waals surface area contributed by atoms with E-state index >= 15 is 0 Å². The van der Waals surface area contributed by atoms with Crippen molar-refractivity contribution in [2.24, 2.45) is 5.92 Å². The second-order valence-corrected chi connectivity index (χ2v) is 9.14. The number of ether oxygens (including phenoxy) is 2. The van der Waals surface area contributed by atoms with Gasteiger partial charge in [0.2, 0.25) is 0 Å². The summed E-state index contributed by atoms with van der Waals surface area (Å²) >= 11 is 0. The zero-order valence-corrected chi connectivity index (χ0v) is 17.9. The van der Waals surface area contributed by atoms with Gasteiger partial charge in [0, 0.05) is 32.6 Å². The third-order valence-electron chi connectivity index (χ3n) is 7.06. The lowest BCUT2D eigenvalue weighted by Crippen LogP contribution is -2.55. The average Bonchev–Trinajstić information content (AvgIpc) is 3.22. The van der Waals surface area contributed by atoms with Crippen LogP contribution in [0, 0.1) is 5.92 Å². The van der Waals surface area contributed by atoms with Crippen molar-refractivity contribution in [3.05, 3.63) is 71.3 Å². The third-order valence-corrected chi connectivity index (χ3v) is 7.06. The largest absolute Gasteiger partial charge is 0.371 e. The zero-order chi connectivity index (χ0) is 20.2. The normalized spacial score (nSPS) is 26.0. The Labute approximate surface area is 180 Å². The van der Waals surface area contributed by atoms with E-state index < -0.39 is 0 Å². The molecule has 0 bridgehead atoms. The highest BCUT2D eigenvalue weighted by Gasteiger charge is 2.30. The topological polar surface area (TPSA) is 24.9 Å². The molecule has 0 saturated carbocycles. The van der Waals surface area contributed by atoms with Crippen LogP contribution in [0.2, 0.25) is 0 Å². The highest BCUT2D eigenvalue weighted by Crippen LogP contribution is 2.28. The van der Waals surface area contributed by atoms with Crippen LogP contribution in [0.15, 0.2) is 54.6 Å². The predicted molar refractivity (Wildman–Crippen MR) is 120 cm³/mol. The van der Waals surface area contributed by atoms with Crippen molar-refractivity contribution in [1.82, 2.24) is 9.80 Å². The summed E-state index contributed by atoms with van der Waals surface area (Å²) in [4.78, 5) is 5.11. The minimum absolute atomic E-state index is 0.128. The summed E-state index contributed by atoms with van der Waals surface area (Å²) in [7, 11) is 0. The number of piperazine rings is 1. The molecule has 2 aromatic rings. The Morgan fingerprint density at radius 1 is 0.767 bits per heavy atom. The molecule has 2 atom stereocenters. The first-order valence-electron chi connectivity index (χ1n) is 11.6. The van der Waals surface area contributed by atoms with Crippen LogP contribution in [0.5, 0.6) is 0 Å². The third kappa shape index (κ3) is 4.94. The molecule has 2 saturated heterocycles. The Balaban J connectivity index is 1.00. The molecule has 2 unspecified atom stereocenters. The molecule has 5 rings (SSSR count). The molecule has 2 heterocycles. The van der Waals surface area contributed by atoms with E-state index in [1.54, 1.807) is 11.1 Å². The molecule has 0 radical (unpaired) electrons. The van der Waals surface area contributed by atoms with Gasteiger partial charge in [-0.3, -0.25) is 4.90 Å². The van der Waals surface area contributed by atoms with Crippen LogP contribution in [0.1, 0.15) is 23.1 Å². The van der Waals surface area contributed by atoms with Crippen LogP contribution >= 0.6 is 0 Å². The van der Waals surface area contributed by atoms with Gasteiger partial charge in [-0.2, -0.15) is 0 Å². The minimum Gasteiger partial charge on any atom is -0.371 e. The standard InChI is InChI=1S/C26H34N2O2/c1-2-6-21(7-3-1)18-25-19-30-26(20-29-25)28-14-12-27(13-15-28)11-10-22-16-23-8-4-5-9-24(23)17-22/h1-9,22,25-26H,10-20H2. The van der Waals surface area contributed by atoms with E-state index in [1.165, 1.54) is 31.4 Å². The van der Waals surface area contributed by atoms with Crippen molar-refractivity contribution in [3.63, 3.8) is 0 Å². The Kier molecular flexibility index (Phi) is 6.47.